The van der Waals surface area contributed by atoms with Crippen LogP contribution in [0.25, 0.3) is 11.1 Å². The summed E-state index contributed by atoms with van der Waals surface area (Å²) in [6.45, 7) is 1.91. The Bertz CT molecular complexity index is 629. The first kappa shape index (κ1) is 11.1. The molecule has 1 aromatic heterocycles. The number of hydrogen-bond acceptors (Lipinski definition) is 2. The van der Waals surface area contributed by atoms with Gasteiger partial charge >= 0.3 is 5.97 Å². The van der Waals surface area contributed by atoms with Gasteiger partial charge in [0.2, 0.25) is 0 Å². The van der Waals surface area contributed by atoms with Crippen LogP contribution in [-0.2, 0) is 0 Å². The van der Waals surface area contributed by atoms with Crippen LogP contribution in [0.3, 0.4) is 0 Å². The Morgan fingerprint density at radius 1 is 1.29 bits per heavy atom. The van der Waals surface area contributed by atoms with Crippen molar-refractivity contribution in [1.82, 2.24) is 4.98 Å². The van der Waals surface area contributed by atoms with Crippen molar-refractivity contribution in [2.45, 2.75) is 6.92 Å². The van der Waals surface area contributed by atoms with Gasteiger partial charge in [-0.2, -0.15) is 0 Å². The number of carboxylic acids is 1. The number of carbonyl (C=O) groups is 1. The van der Waals surface area contributed by atoms with Crippen molar-refractivity contribution in [3.63, 3.8) is 0 Å². The molecule has 0 radical (unpaired) electrons. The molecule has 1 aromatic carbocycles. The van der Waals surface area contributed by atoms with E-state index in [1.165, 1.54) is 6.20 Å². The van der Waals surface area contributed by atoms with Crippen molar-refractivity contribution in [3.8, 4) is 11.1 Å². The largest absolute Gasteiger partial charge is 0.477 e. The van der Waals surface area contributed by atoms with Crippen LogP contribution >= 0.6 is 0 Å². The van der Waals surface area contributed by atoms with Gasteiger partial charge in [0.15, 0.2) is 0 Å². The van der Waals surface area contributed by atoms with Crippen molar-refractivity contribution in [2.75, 3.05) is 0 Å². The van der Waals surface area contributed by atoms with Crippen molar-refractivity contribution in [1.29, 1.82) is 0 Å². The maximum atomic E-state index is 11.5. The van der Waals surface area contributed by atoms with Gasteiger partial charge in [-0.1, -0.05) is 29.8 Å². The van der Waals surface area contributed by atoms with Crippen LogP contribution in [0.1, 0.15) is 15.9 Å². The third-order valence-corrected chi connectivity index (χ3v) is 2.50. The summed E-state index contributed by atoms with van der Waals surface area (Å²) >= 11 is 0. The van der Waals surface area contributed by atoms with E-state index in [4.69, 9.17) is 5.11 Å². The summed E-state index contributed by atoms with van der Waals surface area (Å²) in [5, 5.41) is 9.06. The first-order chi connectivity index (χ1) is 8.09. The molecule has 0 saturated heterocycles. The third-order valence-electron chi connectivity index (χ3n) is 2.50. The molecule has 0 spiro atoms. The molecule has 0 saturated carbocycles. The van der Waals surface area contributed by atoms with Crippen LogP contribution in [0, 0.1) is 6.92 Å². The number of rotatable bonds is 2. The Hall–Kier alpha value is -2.36. The number of hydrogen-bond donors (Lipinski definition) is 2. The molecule has 2 rings (SSSR count). The van der Waals surface area contributed by atoms with E-state index in [2.05, 4.69) is 4.98 Å². The van der Waals surface area contributed by atoms with Gasteiger partial charge in [0, 0.05) is 11.8 Å². The molecule has 0 aliphatic carbocycles. The molecular weight excluding hydrogens is 218 g/mol. The number of H-pyrrole nitrogens is 1. The minimum absolute atomic E-state index is 0.224. The molecule has 2 aromatic rings. The fourth-order valence-corrected chi connectivity index (χ4v) is 1.74. The molecule has 0 fully saturated rings. The lowest BCUT2D eigenvalue weighted by Crippen LogP contribution is -2.18. The minimum Gasteiger partial charge on any atom is -0.477 e. The zero-order valence-corrected chi connectivity index (χ0v) is 9.23. The number of aromatic carboxylic acids is 1. The van der Waals surface area contributed by atoms with Gasteiger partial charge in [0.25, 0.3) is 5.56 Å². The molecule has 86 valence electrons. The molecule has 0 atom stereocenters. The van der Waals surface area contributed by atoms with Gasteiger partial charge in [-0.25, -0.2) is 4.79 Å². The highest BCUT2D eigenvalue weighted by molar-refractivity contribution is 5.95. The number of aromatic amines is 1. The minimum atomic E-state index is -1.22. The monoisotopic (exact) mass is 229 g/mol. The average Bonchev–Trinajstić information content (AvgIpc) is 2.28. The van der Waals surface area contributed by atoms with Gasteiger partial charge in [0.1, 0.15) is 5.56 Å². The van der Waals surface area contributed by atoms with E-state index >= 15 is 0 Å². The first-order valence-corrected chi connectivity index (χ1v) is 5.11. The molecular formula is C13H11NO3. The number of pyridine rings is 1. The van der Waals surface area contributed by atoms with Crippen molar-refractivity contribution in [2.24, 2.45) is 0 Å². The summed E-state index contributed by atoms with van der Waals surface area (Å²) in [6, 6.07) is 8.98. The quantitative estimate of drug-likeness (QED) is 0.827. The Kier molecular flexibility index (Phi) is 2.78. The summed E-state index contributed by atoms with van der Waals surface area (Å²) in [7, 11) is 0. The Morgan fingerprint density at radius 2 is 2.06 bits per heavy atom. The summed E-state index contributed by atoms with van der Waals surface area (Å²) in [6.07, 6.45) is 1.45. The summed E-state index contributed by atoms with van der Waals surface area (Å²) < 4.78 is 0. The smallest absolute Gasteiger partial charge is 0.341 e. The maximum Gasteiger partial charge on any atom is 0.341 e. The lowest BCUT2D eigenvalue weighted by atomic mass is 10.00. The molecule has 1 heterocycles. The van der Waals surface area contributed by atoms with Crippen LogP contribution in [0.2, 0.25) is 0 Å². The molecule has 0 aliphatic rings. The Balaban J connectivity index is 2.72. The van der Waals surface area contributed by atoms with Gasteiger partial charge in [-0.05, 0) is 18.6 Å². The van der Waals surface area contributed by atoms with Crippen LogP contribution in [0.15, 0.2) is 41.3 Å². The number of aromatic nitrogens is 1. The van der Waals surface area contributed by atoms with Crippen molar-refractivity contribution < 1.29 is 9.90 Å². The Morgan fingerprint density at radius 3 is 2.71 bits per heavy atom. The molecule has 0 aliphatic heterocycles. The lowest BCUT2D eigenvalue weighted by molar-refractivity contribution is 0.0696. The molecule has 17 heavy (non-hydrogen) atoms. The highest BCUT2D eigenvalue weighted by atomic mass is 16.4. The molecule has 0 bridgehead atoms. The number of nitrogens with one attached hydrogen (secondary N) is 1. The first-order valence-electron chi connectivity index (χ1n) is 5.11. The third kappa shape index (κ3) is 2.10. The van der Waals surface area contributed by atoms with E-state index in [0.29, 0.717) is 5.56 Å². The SMILES string of the molecule is Cc1cccc(-c2cc[nH]c(=O)c2C(=O)O)c1. The van der Waals surface area contributed by atoms with Gasteiger partial charge in [-0.15, -0.1) is 0 Å². The van der Waals surface area contributed by atoms with E-state index in [0.717, 1.165) is 11.1 Å². The van der Waals surface area contributed by atoms with Crippen LogP contribution < -0.4 is 5.56 Å². The van der Waals surface area contributed by atoms with E-state index < -0.39 is 11.5 Å². The molecule has 2 N–H and O–H groups in total. The second-order valence-corrected chi connectivity index (χ2v) is 3.77. The maximum absolute atomic E-state index is 11.5. The number of carboxylic acid groups (broad SMARTS) is 1. The van der Waals surface area contributed by atoms with Gasteiger partial charge in [-0.3, -0.25) is 4.79 Å². The fraction of sp³-hybridized carbons (Fsp3) is 0.0769. The lowest BCUT2D eigenvalue weighted by Gasteiger charge is -2.05. The zero-order chi connectivity index (χ0) is 12.4. The molecule has 0 unspecified atom stereocenters. The van der Waals surface area contributed by atoms with Gasteiger partial charge < -0.3 is 10.1 Å². The van der Waals surface area contributed by atoms with Gasteiger partial charge in [0.05, 0.1) is 0 Å². The van der Waals surface area contributed by atoms with Crippen LogP contribution in [0.5, 0.6) is 0 Å². The van der Waals surface area contributed by atoms with Crippen molar-refractivity contribution >= 4 is 5.97 Å². The second-order valence-electron chi connectivity index (χ2n) is 3.77. The normalized spacial score (nSPS) is 10.2. The van der Waals surface area contributed by atoms with Crippen molar-refractivity contribution in [3.05, 3.63) is 58.0 Å². The van der Waals surface area contributed by atoms with E-state index in [1.807, 2.05) is 25.1 Å². The highest BCUT2D eigenvalue weighted by Gasteiger charge is 2.15. The topological polar surface area (TPSA) is 70.2 Å². The number of benzene rings is 1. The number of aryl methyl sites for hydroxylation is 1. The van der Waals surface area contributed by atoms with E-state index in [-0.39, 0.29) is 5.56 Å². The molecule has 4 heteroatoms. The standard InChI is InChI=1S/C13H11NO3/c1-8-3-2-4-9(7-8)10-5-6-14-12(15)11(10)13(16)17/h2-7H,1H3,(H,14,15)(H,16,17). The highest BCUT2D eigenvalue weighted by Crippen LogP contribution is 2.21. The average molecular weight is 229 g/mol. The van der Waals surface area contributed by atoms with E-state index in [9.17, 15) is 9.59 Å². The summed E-state index contributed by atoms with van der Waals surface area (Å²) in [4.78, 5) is 25.0. The predicted molar refractivity (Wildman–Crippen MR) is 64.2 cm³/mol. The summed E-state index contributed by atoms with van der Waals surface area (Å²) in [5.41, 5.74) is 1.37. The van der Waals surface area contributed by atoms with Crippen LogP contribution in [-0.4, -0.2) is 16.1 Å². The zero-order valence-electron chi connectivity index (χ0n) is 9.23. The fourth-order valence-electron chi connectivity index (χ4n) is 1.74. The van der Waals surface area contributed by atoms with E-state index in [1.54, 1.807) is 12.1 Å². The summed E-state index contributed by atoms with van der Waals surface area (Å²) in [5.74, 6) is -1.22. The Labute approximate surface area is 97.6 Å². The molecule has 4 nitrogen and oxygen atoms in total. The molecule has 0 amide bonds. The van der Waals surface area contributed by atoms with Crippen LogP contribution in [0.4, 0.5) is 0 Å². The second kappa shape index (κ2) is 4.25. The predicted octanol–water partition coefficient (Wildman–Crippen LogP) is 2.05.